The molecule has 9 heteroatoms. The van der Waals surface area contributed by atoms with Gasteiger partial charge in [-0.2, -0.15) is 0 Å². The summed E-state index contributed by atoms with van der Waals surface area (Å²) in [7, 11) is 2.96. The summed E-state index contributed by atoms with van der Waals surface area (Å²) in [6, 6.07) is 0. The quantitative estimate of drug-likeness (QED) is 0.522. The molecule has 0 fully saturated rings. The second kappa shape index (κ2) is 9.44. The molecule has 0 aliphatic carbocycles. The van der Waals surface area contributed by atoms with E-state index >= 15 is 0 Å². The molecule has 26 heavy (non-hydrogen) atoms. The molecule has 0 aliphatic heterocycles. The van der Waals surface area contributed by atoms with E-state index < -0.39 is 5.97 Å². The third-order valence-corrected chi connectivity index (χ3v) is 4.81. The summed E-state index contributed by atoms with van der Waals surface area (Å²) < 4.78 is 14.9. The van der Waals surface area contributed by atoms with E-state index in [9.17, 15) is 9.59 Å². The zero-order valence-electron chi connectivity index (χ0n) is 15.4. The summed E-state index contributed by atoms with van der Waals surface area (Å²) in [6.07, 6.45) is 0.757. The number of nitrogens with one attached hydrogen (secondary N) is 1. The Bertz CT molecular complexity index is 790. The first-order chi connectivity index (χ1) is 12.5. The summed E-state index contributed by atoms with van der Waals surface area (Å²) >= 11 is 1.24. The Labute approximate surface area is 155 Å². The van der Waals surface area contributed by atoms with E-state index in [4.69, 9.17) is 14.2 Å². The smallest absolute Gasteiger partial charge is 0.348 e. The molecule has 2 rings (SSSR count). The van der Waals surface area contributed by atoms with Gasteiger partial charge in [0.25, 0.3) is 0 Å². The number of anilines is 1. The molecule has 1 N–H and O–H groups in total. The van der Waals surface area contributed by atoms with Crippen LogP contribution in [0.1, 0.15) is 34.4 Å². The van der Waals surface area contributed by atoms with Crippen LogP contribution in [0.15, 0.2) is 0 Å². The second-order valence-electron chi connectivity index (χ2n) is 5.47. The highest BCUT2D eigenvalue weighted by atomic mass is 32.1. The minimum absolute atomic E-state index is 0.0368. The van der Waals surface area contributed by atoms with Gasteiger partial charge in [0.2, 0.25) is 0 Å². The van der Waals surface area contributed by atoms with Crippen LogP contribution in [0.4, 0.5) is 5.82 Å². The number of ether oxygens (including phenoxy) is 3. The summed E-state index contributed by atoms with van der Waals surface area (Å²) in [5, 5.41) is 4.02. The lowest BCUT2D eigenvalue weighted by atomic mass is 10.2. The minimum atomic E-state index is -0.423. The number of nitrogens with zero attached hydrogens (tertiary/aromatic N) is 2. The number of esters is 2. The molecule has 0 aromatic carbocycles. The van der Waals surface area contributed by atoms with Crippen molar-refractivity contribution in [1.29, 1.82) is 0 Å². The first kappa shape index (κ1) is 20.1. The lowest BCUT2D eigenvalue weighted by Crippen LogP contribution is -2.12. The molecule has 2 aromatic heterocycles. The third-order valence-electron chi connectivity index (χ3n) is 3.65. The van der Waals surface area contributed by atoms with Crippen molar-refractivity contribution in [3.8, 4) is 0 Å². The maximum atomic E-state index is 12.2. The predicted octanol–water partition coefficient (Wildman–Crippen LogP) is 2.34. The zero-order chi connectivity index (χ0) is 19.1. The fourth-order valence-electron chi connectivity index (χ4n) is 2.41. The summed E-state index contributed by atoms with van der Waals surface area (Å²) in [5.41, 5.74) is 0.766. The van der Waals surface area contributed by atoms with Crippen molar-refractivity contribution >= 4 is 39.3 Å². The van der Waals surface area contributed by atoms with Gasteiger partial charge in [0.05, 0.1) is 19.1 Å². The molecular formula is C17H23N3O5S. The van der Waals surface area contributed by atoms with Gasteiger partial charge in [0, 0.05) is 20.3 Å². The molecule has 0 saturated heterocycles. The van der Waals surface area contributed by atoms with Crippen LogP contribution >= 0.6 is 11.3 Å². The molecule has 0 unspecified atom stereocenters. The van der Waals surface area contributed by atoms with Crippen LogP contribution < -0.4 is 5.32 Å². The van der Waals surface area contributed by atoms with E-state index in [1.165, 1.54) is 18.4 Å². The monoisotopic (exact) mass is 381 g/mol. The van der Waals surface area contributed by atoms with Gasteiger partial charge in [0.1, 0.15) is 27.8 Å². The van der Waals surface area contributed by atoms with Crippen molar-refractivity contribution in [2.24, 2.45) is 0 Å². The van der Waals surface area contributed by atoms with Gasteiger partial charge in [0.15, 0.2) is 0 Å². The maximum absolute atomic E-state index is 12.2. The molecular weight excluding hydrogens is 358 g/mol. The van der Waals surface area contributed by atoms with Crippen LogP contribution in [0.2, 0.25) is 0 Å². The number of methoxy groups -OCH3 is 2. The van der Waals surface area contributed by atoms with Crippen molar-refractivity contribution in [3.63, 3.8) is 0 Å². The summed E-state index contributed by atoms with van der Waals surface area (Å²) in [5.74, 6) is 0.131. The Morgan fingerprint density at radius 1 is 1.23 bits per heavy atom. The van der Waals surface area contributed by atoms with E-state index in [-0.39, 0.29) is 12.4 Å². The van der Waals surface area contributed by atoms with Crippen molar-refractivity contribution in [3.05, 3.63) is 16.3 Å². The lowest BCUT2D eigenvalue weighted by Gasteiger charge is -2.09. The average molecular weight is 381 g/mol. The molecule has 0 radical (unpaired) electrons. The predicted molar refractivity (Wildman–Crippen MR) is 98.8 cm³/mol. The Hall–Kier alpha value is -2.26. The van der Waals surface area contributed by atoms with Gasteiger partial charge >= 0.3 is 11.9 Å². The number of aryl methyl sites for hydroxylation is 1. The maximum Gasteiger partial charge on any atom is 0.348 e. The average Bonchev–Trinajstić information content (AvgIpc) is 2.95. The van der Waals surface area contributed by atoms with Crippen molar-refractivity contribution in [2.75, 3.05) is 39.3 Å². The molecule has 0 aliphatic rings. The van der Waals surface area contributed by atoms with Gasteiger partial charge in [-0.1, -0.05) is 0 Å². The molecule has 2 aromatic rings. The first-order valence-corrected chi connectivity index (χ1v) is 9.10. The molecule has 8 nitrogen and oxygen atoms in total. The normalized spacial score (nSPS) is 10.8. The van der Waals surface area contributed by atoms with E-state index in [2.05, 4.69) is 15.3 Å². The standard InChI is InChI=1S/C17H23N3O5S/c1-5-25-17(22)14-10(2)13-15(18-7-6-8-23-3)19-11(9-12(21)24-4)20-16(13)26-14/h5-9H2,1-4H3,(H,18,19,20). The van der Waals surface area contributed by atoms with Crippen LogP contribution in [0.5, 0.6) is 0 Å². The Morgan fingerprint density at radius 2 is 2.00 bits per heavy atom. The highest BCUT2D eigenvalue weighted by Gasteiger charge is 2.22. The number of carbonyl (C=O) groups excluding carboxylic acids is 2. The fraction of sp³-hybridized carbons (Fsp3) is 0.529. The van der Waals surface area contributed by atoms with Gasteiger partial charge < -0.3 is 19.5 Å². The van der Waals surface area contributed by atoms with E-state index in [0.717, 1.165) is 17.4 Å². The van der Waals surface area contributed by atoms with Gasteiger partial charge in [-0.25, -0.2) is 14.8 Å². The molecule has 0 amide bonds. The topological polar surface area (TPSA) is 99.6 Å². The number of thiophene rings is 1. The number of aromatic nitrogens is 2. The van der Waals surface area contributed by atoms with Gasteiger partial charge in [-0.05, 0) is 25.8 Å². The largest absolute Gasteiger partial charge is 0.469 e. The van der Waals surface area contributed by atoms with Crippen LogP contribution in [-0.4, -0.2) is 55.9 Å². The van der Waals surface area contributed by atoms with E-state index in [1.54, 1.807) is 14.0 Å². The second-order valence-corrected chi connectivity index (χ2v) is 6.47. The Balaban J connectivity index is 2.44. The number of hydrogen-bond acceptors (Lipinski definition) is 9. The highest BCUT2D eigenvalue weighted by molar-refractivity contribution is 7.20. The van der Waals surface area contributed by atoms with Crippen molar-refractivity contribution < 1.29 is 23.8 Å². The summed E-state index contributed by atoms with van der Waals surface area (Å²) in [6.45, 7) is 5.16. The van der Waals surface area contributed by atoms with Gasteiger partial charge in [-0.3, -0.25) is 4.79 Å². The molecule has 0 saturated carbocycles. The van der Waals surface area contributed by atoms with Crippen LogP contribution in [0.25, 0.3) is 10.2 Å². The SMILES string of the molecule is CCOC(=O)c1sc2nc(CC(=O)OC)nc(NCCCOC)c2c1C. The Kier molecular flexibility index (Phi) is 7.28. The van der Waals surface area contributed by atoms with Crippen LogP contribution in [0.3, 0.4) is 0 Å². The molecule has 2 heterocycles. The van der Waals surface area contributed by atoms with E-state index in [0.29, 0.717) is 41.1 Å². The number of fused-ring (bicyclic) bond motifs is 1. The van der Waals surface area contributed by atoms with Crippen molar-refractivity contribution in [2.45, 2.75) is 26.7 Å². The number of carbonyl (C=O) groups is 2. The van der Waals surface area contributed by atoms with E-state index in [1.807, 2.05) is 6.92 Å². The first-order valence-electron chi connectivity index (χ1n) is 8.28. The van der Waals surface area contributed by atoms with Gasteiger partial charge in [-0.15, -0.1) is 11.3 Å². The molecule has 0 spiro atoms. The summed E-state index contributed by atoms with van der Waals surface area (Å²) in [4.78, 5) is 33.8. The molecule has 0 bridgehead atoms. The fourth-order valence-corrected chi connectivity index (χ4v) is 3.50. The van der Waals surface area contributed by atoms with Crippen molar-refractivity contribution in [1.82, 2.24) is 9.97 Å². The minimum Gasteiger partial charge on any atom is -0.469 e. The zero-order valence-corrected chi connectivity index (χ0v) is 16.2. The number of hydrogen-bond donors (Lipinski definition) is 1. The van der Waals surface area contributed by atoms with Crippen LogP contribution in [-0.2, 0) is 25.4 Å². The Morgan fingerprint density at radius 3 is 2.65 bits per heavy atom. The molecule has 0 atom stereocenters. The lowest BCUT2D eigenvalue weighted by molar-refractivity contribution is -0.139. The third kappa shape index (κ3) is 4.67. The van der Waals surface area contributed by atoms with Crippen LogP contribution in [0, 0.1) is 6.92 Å². The number of rotatable bonds is 9. The molecule has 142 valence electrons. The highest BCUT2D eigenvalue weighted by Crippen LogP contribution is 2.34.